The van der Waals surface area contributed by atoms with Crippen LogP contribution in [0.25, 0.3) is 10.9 Å². The Morgan fingerprint density at radius 3 is 3.05 bits per heavy atom. The maximum absolute atomic E-state index is 5.72. The number of aromatic amines is 1. The van der Waals surface area contributed by atoms with E-state index in [9.17, 15) is 0 Å². The highest BCUT2D eigenvalue weighted by molar-refractivity contribution is 5.85. The van der Waals surface area contributed by atoms with Gasteiger partial charge in [0.25, 0.3) is 0 Å². The van der Waals surface area contributed by atoms with Gasteiger partial charge in [-0.2, -0.15) is 0 Å². The van der Waals surface area contributed by atoms with E-state index in [0.29, 0.717) is 6.54 Å². The zero-order chi connectivity index (χ0) is 13.9. The second kappa shape index (κ2) is 5.65. The molecule has 1 unspecified atom stereocenters. The summed E-state index contributed by atoms with van der Waals surface area (Å²) in [6.45, 7) is 3.62. The molecule has 1 atom stereocenters. The average Bonchev–Trinajstić information content (AvgIpc) is 3.02. The zero-order valence-electron chi connectivity index (χ0n) is 11.8. The highest BCUT2D eigenvalue weighted by atomic mass is 15.0. The van der Waals surface area contributed by atoms with Gasteiger partial charge in [0.15, 0.2) is 0 Å². The molecule has 104 valence electrons. The lowest BCUT2D eigenvalue weighted by molar-refractivity contribution is 0.654. The van der Waals surface area contributed by atoms with Gasteiger partial charge in [-0.15, -0.1) is 0 Å². The fourth-order valence-electron chi connectivity index (χ4n) is 2.92. The van der Waals surface area contributed by atoms with Crippen LogP contribution in [-0.4, -0.2) is 11.5 Å². The summed E-state index contributed by atoms with van der Waals surface area (Å²) < 4.78 is 0. The summed E-state index contributed by atoms with van der Waals surface area (Å²) in [5.74, 6) is 0. The predicted octanol–water partition coefficient (Wildman–Crippen LogP) is 3.16. The van der Waals surface area contributed by atoms with Crippen molar-refractivity contribution >= 4 is 10.9 Å². The van der Waals surface area contributed by atoms with Gasteiger partial charge in [-0.3, -0.25) is 0 Å². The molecular weight excluding hydrogens is 246 g/mol. The third-order valence-corrected chi connectivity index (χ3v) is 3.85. The topological polar surface area (TPSA) is 53.8 Å². The van der Waals surface area contributed by atoms with E-state index >= 15 is 0 Å². The maximum Gasteiger partial charge on any atom is 0.0732 e. The Morgan fingerprint density at radius 2 is 2.25 bits per heavy atom. The molecule has 0 aliphatic carbocycles. The van der Waals surface area contributed by atoms with Crippen molar-refractivity contribution in [3.05, 3.63) is 59.3 Å². The molecule has 0 saturated heterocycles. The molecule has 3 heteroatoms. The lowest BCUT2D eigenvalue weighted by Gasteiger charge is -2.13. The van der Waals surface area contributed by atoms with Crippen molar-refractivity contribution in [2.24, 2.45) is 5.73 Å². The van der Waals surface area contributed by atoms with Crippen LogP contribution in [0.5, 0.6) is 0 Å². The Labute approximate surface area is 119 Å². The number of hydrogen-bond acceptors (Lipinski definition) is 2. The Balaban J connectivity index is 2.03. The molecule has 0 radical (unpaired) electrons. The first-order valence-corrected chi connectivity index (χ1v) is 7.24. The summed E-state index contributed by atoms with van der Waals surface area (Å²) in [4.78, 5) is 3.56. The van der Waals surface area contributed by atoms with Crippen molar-refractivity contribution in [1.82, 2.24) is 10.3 Å². The minimum Gasteiger partial charge on any atom is -0.357 e. The van der Waals surface area contributed by atoms with Crippen molar-refractivity contribution in [1.29, 1.82) is 0 Å². The van der Waals surface area contributed by atoms with Crippen LogP contribution in [0.1, 0.15) is 30.6 Å². The third-order valence-electron chi connectivity index (χ3n) is 3.85. The molecule has 4 N–H and O–H groups in total. The number of nitrogens with two attached hydrogens (primary N) is 1. The van der Waals surface area contributed by atoms with Crippen LogP contribution < -0.4 is 11.1 Å². The second-order valence-electron chi connectivity index (χ2n) is 5.13. The van der Waals surface area contributed by atoms with Crippen molar-refractivity contribution < 1.29 is 0 Å². The van der Waals surface area contributed by atoms with Gasteiger partial charge in [-0.1, -0.05) is 43.4 Å². The molecule has 2 heterocycles. The van der Waals surface area contributed by atoms with E-state index in [4.69, 9.17) is 5.73 Å². The fourth-order valence-corrected chi connectivity index (χ4v) is 2.92. The molecule has 0 amide bonds. The number of rotatable bonds is 4. The van der Waals surface area contributed by atoms with Gasteiger partial charge in [0, 0.05) is 29.7 Å². The predicted molar refractivity (Wildman–Crippen MR) is 84.4 cm³/mol. The summed E-state index contributed by atoms with van der Waals surface area (Å²) in [5.41, 5.74) is 10.9. The van der Waals surface area contributed by atoms with Gasteiger partial charge in [0.2, 0.25) is 0 Å². The minimum atomic E-state index is 0.226. The minimum absolute atomic E-state index is 0.226. The quantitative estimate of drug-likeness (QED) is 0.745. The fraction of sp³-hybridized carbons (Fsp3) is 0.294. The van der Waals surface area contributed by atoms with Crippen LogP contribution in [0.4, 0.5) is 0 Å². The van der Waals surface area contributed by atoms with Gasteiger partial charge >= 0.3 is 0 Å². The van der Waals surface area contributed by atoms with Crippen LogP contribution in [0.3, 0.4) is 0 Å². The molecule has 2 aromatic rings. The first-order valence-electron chi connectivity index (χ1n) is 7.24. The van der Waals surface area contributed by atoms with E-state index in [1.54, 1.807) is 0 Å². The molecule has 0 bridgehead atoms. The van der Waals surface area contributed by atoms with Crippen LogP contribution in [0.15, 0.2) is 48.1 Å². The van der Waals surface area contributed by atoms with Crippen molar-refractivity contribution in [2.75, 3.05) is 6.54 Å². The standard InChI is InChI=1S/C17H21N3/c1-2-3-6-12(9-10-18)16-17-14(11-19-16)13-7-4-5-8-15(13)20-17/h3-9,16,19-20H,2,10-11,18H2,1H3/b6-3-,12-9+. The summed E-state index contributed by atoms with van der Waals surface area (Å²) in [5, 5.41) is 4.90. The zero-order valence-corrected chi connectivity index (χ0v) is 11.8. The molecule has 3 nitrogen and oxygen atoms in total. The van der Waals surface area contributed by atoms with Gasteiger partial charge in [-0.05, 0) is 23.6 Å². The van der Waals surface area contributed by atoms with Crippen LogP contribution >= 0.6 is 0 Å². The summed E-state index contributed by atoms with van der Waals surface area (Å²) in [6, 6.07) is 8.72. The summed E-state index contributed by atoms with van der Waals surface area (Å²) in [7, 11) is 0. The number of para-hydroxylation sites is 1. The number of allylic oxidation sites excluding steroid dienone is 1. The van der Waals surface area contributed by atoms with Crippen molar-refractivity contribution in [2.45, 2.75) is 25.9 Å². The summed E-state index contributed by atoms with van der Waals surface area (Å²) in [6.07, 6.45) is 7.51. The molecule has 3 rings (SSSR count). The van der Waals surface area contributed by atoms with Gasteiger partial charge in [0.1, 0.15) is 0 Å². The number of H-pyrrole nitrogens is 1. The number of nitrogens with one attached hydrogen (secondary N) is 2. The maximum atomic E-state index is 5.72. The second-order valence-corrected chi connectivity index (χ2v) is 5.13. The Kier molecular flexibility index (Phi) is 3.72. The highest BCUT2D eigenvalue weighted by Gasteiger charge is 2.27. The SMILES string of the molecule is CC/C=C\C(=C/CN)C1NCc2c1[nH]c1ccccc21. The molecule has 0 fully saturated rings. The van der Waals surface area contributed by atoms with E-state index in [1.807, 2.05) is 0 Å². The average molecular weight is 267 g/mol. The molecule has 0 saturated carbocycles. The van der Waals surface area contributed by atoms with Crippen LogP contribution in [0.2, 0.25) is 0 Å². The number of fused-ring (bicyclic) bond motifs is 3. The van der Waals surface area contributed by atoms with E-state index in [-0.39, 0.29) is 6.04 Å². The molecular formula is C17H21N3. The number of benzene rings is 1. The first kappa shape index (κ1) is 13.2. The van der Waals surface area contributed by atoms with Crippen LogP contribution in [0, 0.1) is 0 Å². The number of hydrogen-bond donors (Lipinski definition) is 3. The van der Waals surface area contributed by atoms with Crippen LogP contribution in [-0.2, 0) is 6.54 Å². The monoisotopic (exact) mass is 267 g/mol. The van der Waals surface area contributed by atoms with E-state index < -0.39 is 0 Å². The van der Waals surface area contributed by atoms with E-state index in [2.05, 4.69) is 59.7 Å². The summed E-state index contributed by atoms with van der Waals surface area (Å²) >= 11 is 0. The highest BCUT2D eigenvalue weighted by Crippen LogP contribution is 2.35. The largest absolute Gasteiger partial charge is 0.357 e. The van der Waals surface area contributed by atoms with Crippen molar-refractivity contribution in [3.8, 4) is 0 Å². The lowest BCUT2D eigenvalue weighted by atomic mass is 10.0. The molecule has 1 aliphatic heterocycles. The van der Waals surface area contributed by atoms with E-state index in [1.165, 1.54) is 27.7 Å². The molecule has 1 aliphatic rings. The molecule has 20 heavy (non-hydrogen) atoms. The lowest BCUT2D eigenvalue weighted by Crippen LogP contribution is -2.15. The Hall–Kier alpha value is -1.84. The smallest absolute Gasteiger partial charge is 0.0732 e. The molecule has 0 spiro atoms. The normalized spacial score (nSPS) is 19.1. The number of aromatic nitrogens is 1. The van der Waals surface area contributed by atoms with E-state index in [0.717, 1.165) is 13.0 Å². The molecule has 1 aromatic heterocycles. The van der Waals surface area contributed by atoms with Gasteiger partial charge in [-0.25, -0.2) is 0 Å². The Morgan fingerprint density at radius 1 is 1.40 bits per heavy atom. The Bertz CT molecular complexity index is 664. The van der Waals surface area contributed by atoms with Gasteiger partial charge in [0.05, 0.1) is 6.04 Å². The van der Waals surface area contributed by atoms with Gasteiger partial charge < -0.3 is 16.0 Å². The first-order chi connectivity index (χ1) is 9.85. The van der Waals surface area contributed by atoms with Crippen molar-refractivity contribution in [3.63, 3.8) is 0 Å². The molecule has 1 aromatic carbocycles. The third kappa shape index (κ3) is 2.19.